The van der Waals surface area contributed by atoms with Crippen molar-refractivity contribution in [3.05, 3.63) is 59.7 Å². The van der Waals surface area contributed by atoms with Crippen molar-refractivity contribution in [2.45, 2.75) is 18.4 Å². The lowest BCUT2D eigenvalue weighted by Crippen LogP contribution is -2.41. The summed E-state index contributed by atoms with van der Waals surface area (Å²) in [5.41, 5.74) is 1.40. The monoisotopic (exact) mass is 348 g/mol. The van der Waals surface area contributed by atoms with Crippen molar-refractivity contribution >= 4 is 16.0 Å². The molecule has 0 aromatic heterocycles. The molecule has 0 heterocycles. The molecule has 0 aliphatic heterocycles. The molecule has 6 nitrogen and oxygen atoms in total. The van der Waals surface area contributed by atoms with E-state index in [-0.39, 0.29) is 17.2 Å². The number of carboxylic acids is 1. The van der Waals surface area contributed by atoms with Gasteiger partial charge in [0.15, 0.2) is 0 Å². The van der Waals surface area contributed by atoms with Crippen LogP contribution in [0.4, 0.5) is 0 Å². The van der Waals surface area contributed by atoms with Gasteiger partial charge in [0.25, 0.3) is 0 Å². The van der Waals surface area contributed by atoms with E-state index in [0.717, 1.165) is 9.87 Å². The lowest BCUT2D eigenvalue weighted by atomic mass is 10.2. The molecule has 0 saturated carbocycles. The third-order valence-corrected chi connectivity index (χ3v) is 5.26. The van der Waals surface area contributed by atoms with Gasteiger partial charge >= 0.3 is 0 Å². The quantitative estimate of drug-likeness (QED) is 0.743. The molecule has 0 radical (unpaired) electrons. The lowest BCUT2D eigenvalue weighted by molar-refractivity contribution is -0.305. The smallest absolute Gasteiger partial charge is 0.247 e. The summed E-state index contributed by atoms with van der Waals surface area (Å²) in [6.07, 6.45) is 0. The van der Waals surface area contributed by atoms with Crippen LogP contribution in [0.3, 0.4) is 0 Å². The largest absolute Gasteiger partial charge is 0.549 e. The first-order chi connectivity index (χ1) is 11.3. The zero-order valence-corrected chi connectivity index (χ0v) is 14.2. The highest BCUT2D eigenvalue weighted by atomic mass is 32.2. The van der Waals surface area contributed by atoms with E-state index in [2.05, 4.69) is 0 Å². The number of methoxy groups -OCH3 is 1. The van der Waals surface area contributed by atoms with Crippen LogP contribution in [0.15, 0.2) is 53.4 Å². The Morgan fingerprint density at radius 3 is 2.42 bits per heavy atom. The molecule has 0 fully saturated rings. The Labute approximate surface area is 141 Å². The number of rotatable bonds is 7. The Balaban J connectivity index is 2.47. The van der Waals surface area contributed by atoms with Gasteiger partial charge in [0.05, 0.1) is 19.6 Å². The predicted molar refractivity (Wildman–Crippen MR) is 86.8 cm³/mol. The topological polar surface area (TPSA) is 86.7 Å². The first kappa shape index (κ1) is 18.0. The zero-order valence-electron chi connectivity index (χ0n) is 13.4. The summed E-state index contributed by atoms with van der Waals surface area (Å²) in [6, 6.07) is 13.5. The second-order valence-corrected chi connectivity index (χ2v) is 7.19. The van der Waals surface area contributed by atoms with E-state index < -0.39 is 22.5 Å². The number of carbonyl (C=O) groups is 1. The SMILES string of the molecule is COc1ccc(C)cc1S(=O)(=O)N(CC(=O)[O-])Cc1ccccc1. The zero-order chi connectivity index (χ0) is 17.7. The van der Waals surface area contributed by atoms with Crippen LogP contribution in [-0.4, -0.2) is 32.3 Å². The van der Waals surface area contributed by atoms with Gasteiger partial charge in [-0.05, 0) is 30.2 Å². The molecule has 0 N–H and O–H groups in total. The molecular formula is C17H18NO5S-. The van der Waals surface area contributed by atoms with E-state index >= 15 is 0 Å². The Morgan fingerprint density at radius 2 is 1.83 bits per heavy atom. The summed E-state index contributed by atoms with van der Waals surface area (Å²) in [5, 5.41) is 11.1. The predicted octanol–water partition coefficient (Wildman–Crippen LogP) is 0.944. The lowest BCUT2D eigenvalue weighted by Gasteiger charge is -2.24. The van der Waals surface area contributed by atoms with Gasteiger partial charge in [-0.15, -0.1) is 0 Å². The molecule has 24 heavy (non-hydrogen) atoms. The molecule has 0 spiro atoms. The van der Waals surface area contributed by atoms with Gasteiger partial charge in [-0.3, -0.25) is 0 Å². The molecule has 2 rings (SSSR count). The Hall–Kier alpha value is -2.38. The molecular weight excluding hydrogens is 330 g/mol. The molecule has 0 bridgehead atoms. The van der Waals surface area contributed by atoms with E-state index in [0.29, 0.717) is 5.56 Å². The molecule has 0 saturated heterocycles. The van der Waals surface area contributed by atoms with Crippen molar-refractivity contribution in [1.29, 1.82) is 0 Å². The molecule has 0 unspecified atom stereocenters. The second-order valence-electron chi connectivity index (χ2n) is 5.29. The molecule has 0 aliphatic carbocycles. The van der Waals surface area contributed by atoms with Crippen molar-refractivity contribution in [1.82, 2.24) is 4.31 Å². The van der Waals surface area contributed by atoms with Crippen LogP contribution in [0.1, 0.15) is 11.1 Å². The number of carboxylic acid groups (broad SMARTS) is 1. The van der Waals surface area contributed by atoms with E-state index in [9.17, 15) is 18.3 Å². The van der Waals surface area contributed by atoms with Gasteiger partial charge in [0.1, 0.15) is 10.6 Å². The highest BCUT2D eigenvalue weighted by molar-refractivity contribution is 7.89. The standard InChI is InChI=1S/C17H19NO5S/c1-13-8-9-15(23-2)16(10-13)24(21,22)18(12-17(19)20)11-14-6-4-3-5-7-14/h3-10H,11-12H2,1-2H3,(H,19,20)/p-1. The third-order valence-electron chi connectivity index (χ3n) is 3.44. The van der Waals surface area contributed by atoms with Crippen LogP contribution in [0.25, 0.3) is 0 Å². The van der Waals surface area contributed by atoms with Crippen molar-refractivity contribution in [3.63, 3.8) is 0 Å². The molecule has 2 aromatic carbocycles. The maximum Gasteiger partial charge on any atom is 0.247 e. The van der Waals surface area contributed by atoms with Crippen molar-refractivity contribution < 1.29 is 23.1 Å². The normalized spacial score (nSPS) is 11.5. The minimum atomic E-state index is -4.07. The fraction of sp³-hybridized carbons (Fsp3) is 0.235. The maximum atomic E-state index is 13.0. The highest BCUT2D eigenvalue weighted by Crippen LogP contribution is 2.28. The number of carbonyl (C=O) groups excluding carboxylic acids is 1. The van der Waals surface area contributed by atoms with E-state index in [1.165, 1.54) is 13.2 Å². The Morgan fingerprint density at radius 1 is 1.17 bits per heavy atom. The van der Waals surface area contributed by atoms with Crippen molar-refractivity contribution in [3.8, 4) is 5.75 Å². The summed E-state index contributed by atoms with van der Waals surface area (Å²) in [5.74, 6) is -1.31. The van der Waals surface area contributed by atoms with Gasteiger partial charge < -0.3 is 14.6 Å². The molecule has 0 amide bonds. The number of aliphatic carboxylic acids is 1. The van der Waals surface area contributed by atoms with Crippen molar-refractivity contribution in [2.24, 2.45) is 0 Å². The molecule has 0 aliphatic rings. The van der Waals surface area contributed by atoms with Gasteiger partial charge in [-0.25, -0.2) is 8.42 Å². The molecule has 2 aromatic rings. The summed E-state index contributed by atoms with van der Waals surface area (Å²) >= 11 is 0. The van der Waals surface area contributed by atoms with Crippen LogP contribution in [0, 0.1) is 6.92 Å². The first-order valence-corrected chi connectivity index (χ1v) is 8.67. The van der Waals surface area contributed by atoms with Gasteiger partial charge in [0, 0.05) is 6.54 Å². The Kier molecular flexibility index (Phi) is 5.58. The summed E-state index contributed by atoms with van der Waals surface area (Å²) in [6.45, 7) is 0.932. The van der Waals surface area contributed by atoms with Gasteiger partial charge in [0.2, 0.25) is 10.0 Å². The van der Waals surface area contributed by atoms with E-state index in [1.807, 2.05) is 0 Å². The van der Waals surface area contributed by atoms with Crippen LogP contribution in [-0.2, 0) is 21.4 Å². The Bertz CT molecular complexity index is 818. The third kappa shape index (κ3) is 4.12. The molecule has 128 valence electrons. The number of nitrogens with zero attached hydrogens (tertiary/aromatic N) is 1. The minimum absolute atomic E-state index is 0.0674. The number of ether oxygens (including phenoxy) is 1. The fourth-order valence-corrected chi connectivity index (χ4v) is 3.89. The van der Waals surface area contributed by atoms with Crippen LogP contribution >= 0.6 is 0 Å². The fourth-order valence-electron chi connectivity index (χ4n) is 2.28. The van der Waals surface area contributed by atoms with Crippen LogP contribution < -0.4 is 9.84 Å². The second kappa shape index (κ2) is 7.46. The molecule has 0 atom stereocenters. The number of aryl methyl sites for hydroxylation is 1. The van der Waals surface area contributed by atoms with Gasteiger partial charge in [-0.1, -0.05) is 36.4 Å². The van der Waals surface area contributed by atoms with Crippen LogP contribution in [0.5, 0.6) is 5.75 Å². The van der Waals surface area contributed by atoms with Crippen molar-refractivity contribution in [2.75, 3.05) is 13.7 Å². The average molecular weight is 348 g/mol. The highest BCUT2D eigenvalue weighted by Gasteiger charge is 2.28. The number of sulfonamides is 1. The first-order valence-electron chi connectivity index (χ1n) is 7.23. The number of benzene rings is 2. The summed E-state index contributed by atoms with van der Waals surface area (Å²) in [4.78, 5) is 11.0. The average Bonchev–Trinajstić information content (AvgIpc) is 2.54. The van der Waals surface area contributed by atoms with E-state index in [1.54, 1.807) is 49.4 Å². The summed E-state index contributed by atoms with van der Waals surface area (Å²) < 4.78 is 31.9. The van der Waals surface area contributed by atoms with Crippen LogP contribution in [0.2, 0.25) is 0 Å². The molecule has 7 heteroatoms. The van der Waals surface area contributed by atoms with E-state index in [4.69, 9.17) is 4.74 Å². The summed E-state index contributed by atoms with van der Waals surface area (Å²) in [7, 11) is -2.71. The minimum Gasteiger partial charge on any atom is -0.549 e. The number of hydrogen-bond acceptors (Lipinski definition) is 5. The maximum absolute atomic E-state index is 13.0. The number of hydrogen-bond donors (Lipinski definition) is 0. The van der Waals surface area contributed by atoms with Gasteiger partial charge in [-0.2, -0.15) is 4.31 Å².